The molecule has 32 heavy (non-hydrogen) atoms. The summed E-state index contributed by atoms with van der Waals surface area (Å²) in [4.78, 5) is 45.0. The smallest absolute Gasteiger partial charge is 0.332 e. The van der Waals surface area contributed by atoms with Gasteiger partial charge in [0, 0.05) is 37.3 Å². The van der Waals surface area contributed by atoms with Crippen LogP contribution < -0.4 is 22.3 Å². The highest BCUT2D eigenvalue weighted by Crippen LogP contribution is 2.27. The van der Waals surface area contributed by atoms with Crippen LogP contribution in [0.5, 0.6) is 0 Å². The summed E-state index contributed by atoms with van der Waals surface area (Å²) in [6.07, 6.45) is 0.889. The number of amides is 1. The van der Waals surface area contributed by atoms with Crippen LogP contribution in [-0.2, 0) is 18.9 Å². The van der Waals surface area contributed by atoms with E-state index >= 15 is 0 Å². The summed E-state index contributed by atoms with van der Waals surface area (Å²) in [6, 6.07) is 2.99. The van der Waals surface area contributed by atoms with Gasteiger partial charge in [-0.1, -0.05) is 0 Å². The lowest BCUT2D eigenvalue weighted by molar-refractivity contribution is -0.115. The van der Waals surface area contributed by atoms with Crippen molar-refractivity contribution in [2.75, 3.05) is 11.1 Å². The van der Waals surface area contributed by atoms with Crippen LogP contribution in [-0.4, -0.2) is 26.7 Å². The lowest BCUT2D eigenvalue weighted by atomic mass is 10.1. The minimum atomic E-state index is -0.748. The Morgan fingerprint density at radius 3 is 2.53 bits per heavy atom. The third-order valence-corrected chi connectivity index (χ3v) is 5.30. The van der Waals surface area contributed by atoms with Crippen LogP contribution in [0.15, 0.2) is 44.4 Å². The summed E-state index contributed by atoms with van der Waals surface area (Å²) in [6.45, 7) is 3.34. The van der Waals surface area contributed by atoms with Crippen LogP contribution in [0.1, 0.15) is 12.0 Å². The summed E-state index contributed by atoms with van der Waals surface area (Å²) < 4.78 is 28.8. The number of carbonyl (C=O) groups is 1. The third kappa shape index (κ3) is 4.54. The summed E-state index contributed by atoms with van der Waals surface area (Å²) >= 11 is 1.05. The zero-order chi connectivity index (χ0) is 23.6. The molecule has 0 saturated carbocycles. The van der Waals surface area contributed by atoms with Gasteiger partial charge in [0.25, 0.3) is 5.56 Å². The van der Waals surface area contributed by atoms with Gasteiger partial charge >= 0.3 is 5.69 Å². The topological polar surface area (TPSA) is 124 Å². The predicted octanol–water partition coefficient (Wildman–Crippen LogP) is 2.14. The lowest BCUT2D eigenvalue weighted by Gasteiger charge is -2.13. The zero-order valence-corrected chi connectivity index (χ0v) is 17.9. The maximum atomic E-state index is 13.4. The number of nitrogens with zero attached hydrogens (tertiary/aromatic N) is 4. The normalized spacial score (nSPS) is 11.4. The Bertz CT molecular complexity index is 1350. The van der Waals surface area contributed by atoms with E-state index < -0.39 is 28.8 Å². The Morgan fingerprint density at radius 1 is 1.25 bits per heavy atom. The number of carbonyl (C=O) groups excluding carboxylic acids is 1. The minimum absolute atomic E-state index is 0.0489. The number of hydrogen-bond donors (Lipinski definition) is 2. The van der Waals surface area contributed by atoms with Crippen LogP contribution in [0.4, 0.5) is 19.7 Å². The Hall–Kier alpha value is -3.93. The van der Waals surface area contributed by atoms with Crippen molar-refractivity contribution >= 4 is 40.5 Å². The summed E-state index contributed by atoms with van der Waals surface area (Å²) in [5.74, 6) is -2.17. The molecule has 0 spiro atoms. The van der Waals surface area contributed by atoms with Crippen LogP contribution in [0, 0.1) is 11.6 Å². The van der Waals surface area contributed by atoms with E-state index in [0.717, 1.165) is 38.7 Å². The Balaban J connectivity index is 1.86. The van der Waals surface area contributed by atoms with Crippen molar-refractivity contribution in [1.82, 2.24) is 14.1 Å². The molecule has 1 amide bonds. The Labute approximate surface area is 184 Å². The molecule has 3 aromatic rings. The fraction of sp³-hybridized carbons (Fsp3) is 0.150. The van der Waals surface area contributed by atoms with Crippen LogP contribution in [0.25, 0.3) is 16.8 Å². The fourth-order valence-electron chi connectivity index (χ4n) is 2.97. The highest BCUT2D eigenvalue weighted by Gasteiger charge is 2.20. The largest absolute Gasteiger partial charge is 0.384 e. The number of rotatable bonds is 6. The molecule has 2 aromatic heterocycles. The molecule has 0 unspecified atom stereocenters. The van der Waals surface area contributed by atoms with Gasteiger partial charge in [0.15, 0.2) is 5.13 Å². The second-order valence-electron chi connectivity index (χ2n) is 6.72. The number of nitrogen functional groups attached to an aromatic ring is 1. The van der Waals surface area contributed by atoms with E-state index in [0.29, 0.717) is 0 Å². The molecule has 0 atom stereocenters. The average molecular weight is 460 g/mol. The van der Waals surface area contributed by atoms with Crippen molar-refractivity contribution in [3.8, 4) is 11.3 Å². The van der Waals surface area contributed by atoms with Gasteiger partial charge in [-0.25, -0.2) is 18.6 Å². The molecule has 166 valence electrons. The molecular weight excluding hydrogens is 442 g/mol. The van der Waals surface area contributed by atoms with Crippen LogP contribution >= 0.6 is 11.3 Å². The molecular formula is C20H18F2N6O3S. The molecule has 0 aliphatic rings. The van der Waals surface area contributed by atoms with Crippen LogP contribution in [0.2, 0.25) is 0 Å². The first-order chi connectivity index (χ1) is 15.1. The Kier molecular flexibility index (Phi) is 6.44. The number of hydrogen-bond acceptors (Lipinski definition) is 7. The number of thiazole rings is 1. The minimum Gasteiger partial charge on any atom is -0.384 e. The standard InChI is InChI=1S/C20H18F2N6O3S/c1-24-8-11(16-17(23)27(2)20(31)28(3)18(16)30)6-15(29)26-19-25-14(9-32-19)10-4-12(21)7-13(22)5-10/h4-5,7-9H,1,6,23H2,2-3H3,(H,25,26,29)/b11-8-. The number of aromatic nitrogens is 3. The predicted molar refractivity (Wildman–Crippen MR) is 120 cm³/mol. The molecule has 3 rings (SSSR count). The summed E-state index contributed by atoms with van der Waals surface area (Å²) in [7, 11) is 2.69. The second-order valence-corrected chi connectivity index (χ2v) is 7.58. The first-order valence-electron chi connectivity index (χ1n) is 9.05. The van der Waals surface area contributed by atoms with E-state index in [1.807, 2.05) is 0 Å². The lowest BCUT2D eigenvalue weighted by Crippen LogP contribution is -2.40. The van der Waals surface area contributed by atoms with E-state index in [1.54, 1.807) is 0 Å². The van der Waals surface area contributed by atoms with Gasteiger partial charge in [-0.3, -0.25) is 23.7 Å². The first kappa shape index (κ1) is 22.7. The van der Waals surface area contributed by atoms with E-state index in [-0.39, 0.29) is 39.8 Å². The average Bonchev–Trinajstić information content (AvgIpc) is 3.18. The van der Waals surface area contributed by atoms with Gasteiger partial charge in [-0.15, -0.1) is 11.3 Å². The van der Waals surface area contributed by atoms with Gasteiger partial charge in [-0.2, -0.15) is 0 Å². The van der Waals surface area contributed by atoms with Gasteiger partial charge in [0.05, 0.1) is 17.7 Å². The van der Waals surface area contributed by atoms with Crippen molar-refractivity contribution < 1.29 is 13.6 Å². The molecule has 1 aromatic carbocycles. The van der Waals surface area contributed by atoms with Crippen molar-refractivity contribution in [1.29, 1.82) is 0 Å². The number of benzene rings is 1. The molecule has 0 bridgehead atoms. The third-order valence-electron chi connectivity index (χ3n) is 4.54. The summed E-state index contributed by atoms with van der Waals surface area (Å²) in [5, 5.41) is 4.28. The quantitative estimate of drug-likeness (QED) is 0.546. The molecule has 0 aliphatic carbocycles. The summed E-state index contributed by atoms with van der Waals surface area (Å²) in [5.41, 5.74) is 5.25. The zero-order valence-electron chi connectivity index (χ0n) is 17.1. The van der Waals surface area contributed by atoms with E-state index in [9.17, 15) is 23.2 Å². The van der Waals surface area contributed by atoms with Crippen molar-refractivity contribution in [2.45, 2.75) is 6.42 Å². The molecule has 0 radical (unpaired) electrons. The van der Waals surface area contributed by atoms with Crippen LogP contribution in [0.3, 0.4) is 0 Å². The molecule has 3 N–H and O–H groups in total. The number of halogens is 2. The van der Waals surface area contributed by atoms with Gasteiger partial charge in [0.1, 0.15) is 17.5 Å². The SMILES string of the molecule is C=N/C=C(/CC(=O)Nc1nc(-c2cc(F)cc(F)c2)cs1)c1c(N)n(C)c(=O)n(C)c1=O. The molecule has 12 heteroatoms. The highest BCUT2D eigenvalue weighted by atomic mass is 32.1. The van der Waals surface area contributed by atoms with E-state index in [2.05, 4.69) is 22.0 Å². The molecule has 2 heterocycles. The van der Waals surface area contributed by atoms with Gasteiger partial charge in [-0.05, 0) is 24.4 Å². The Morgan fingerprint density at radius 2 is 1.91 bits per heavy atom. The number of anilines is 2. The molecule has 0 saturated heterocycles. The second kappa shape index (κ2) is 9.06. The van der Waals surface area contributed by atoms with Gasteiger partial charge in [0.2, 0.25) is 5.91 Å². The number of nitrogens with two attached hydrogens (primary N) is 1. The van der Waals surface area contributed by atoms with Gasteiger partial charge < -0.3 is 11.1 Å². The maximum absolute atomic E-state index is 13.4. The number of nitrogens with one attached hydrogen (secondary N) is 1. The van der Waals surface area contributed by atoms with E-state index in [1.165, 1.54) is 25.7 Å². The monoisotopic (exact) mass is 460 g/mol. The molecule has 9 nitrogen and oxygen atoms in total. The van der Waals surface area contributed by atoms with Crippen molar-refractivity contribution in [3.05, 3.63) is 67.8 Å². The molecule has 0 aliphatic heterocycles. The van der Waals surface area contributed by atoms with E-state index in [4.69, 9.17) is 5.73 Å². The number of aliphatic imine (C=N–C) groups is 1. The molecule has 0 fully saturated rings. The van der Waals surface area contributed by atoms with Crippen molar-refractivity contribution in [3.63, 3.8) is 0 Å². The maximum Gasteiger partial charge on any atom is 0.332 e. The first-order valence-corrected chi connectivity index (χ1v) is 9.93. The highest BCUT2D eigenvalue weighted by molar-refractivity contribution is 7.14. The fourth-order valence-corrected chi connectivity index (χ4v) is 3.71. The van der Waals surface area contributed by atoms with Crippen molar-refractivity contribution in [2.24, 2.45) is 19.1 Å².